The van der Waals surface area contributed by atoms with Crippen molar-refractivity contribution in [1.29, 1.82) is 0 Å². The molecule has 1 amide bonds. The van der Waals surface area contributed by atoms with E-state index in [0.29, 0.717) is 28.0 Å². The van der Waals surface area contributed by atoms with Crippen LogP contribution in [0.3, 0.4) is 0 Å². The third-order valence-electron chi connectivity index (χ3n) is 4.26. The van der Waals surface area contributed by atoms with Gasteiger partial charge in [0.15, 0.2) is 0 Å². The molecule has 0 fully saturated rings. The number of aryl methyl sites for hydroxylation is 1. The Morgan fingerprint density at radius 1 is 1.10 bits per heavy atom. The van der Waals surface area contributed by atoms with Gasteiger partial charge in [0.1, 0.15) is 17.2 Å². The maximum absolute atomic E-state index is 11.7. The van der Waals surface area contributed by atoms with Crippen LogP contribution >= 0.6 is 11.8 Å². The minimum Gasteiger partial charge on any atom is -0.506 e. The molecule has 0 aliphatic carbocycles. The molecule has 3 aromatic rings. The third-order valence-corrected chi connectivity index (χ3v) is 5.09. The maximum Gasteiger partial charge on any atom is 0.328 e. The van der Waals surface area contributed by atoms with E-state index in [2.05, 4.69) is 0 Å². The Labute approximate surface area is 171 Å². The van der Waals surface area contributed by atoms with E-state index in [-0.39, 0.29) is 11.3 Å². The van der Waals surface area contributed by atoms with Crippen molar-refractivity contribution in [3.63, 3.8) is 0 Å². The van der Waals surface area contributed by atoms with Crippen molar-refractivity contribution in [2.75, 3.05) is 0 Å². The first-order chi connectivity index (χ1) is 13.9. The van der Waals surface area contributed by atoms with Crippen LogP contribution < -0.4 is 10.5 Å². The second kappa shape index (κ2) is 8.70. The molecule has 148 valence electrons. The summed E-state index contributed by atoms with van der Waals surface area (Å²) < 4.78 is 6.06. The molecular weight excluding hydrogens is 390 g/mol. The van der Waals surface area contributed by atoms with Crippen LogP contribution in [0, 0.1) is 6.92 Å². The summed E-state index contributed by atoms with van der Waals surface area (Å²) in [6, 6.07) is 14.2. The second-order valence-corrected chi connectivity index (χ2v) is 7.23. The molecule has 0 aliphatic heterocycles. The van der Waals surface area contributed by atoms with Crippen molar-refractivity contribution in [3.8, 4) is 17.2 Å². The van der Waals surface area contributed by atoms with Gasteiger partial charge in [0.05, 0.1) is 5.56 Å². The van der Waals surface area contributed by atoms with Gasteiger partial charge >= 0.3 is 5.97 Å². The van der Waals surface area contributed by atoms with Gasteiger partial charge in [0, 0.05) is 22.6 Å². The summed E-state index contributed by atoms with van der Waals surface area (Å²) in [6.45, 7) is 1.90. The third kappa shape index (κ3) is 4.70. The van der Waals surface area contributed by atoms with Crippen LogP contribution in [-0.4, -0.2) is 22.1 Å². The van der Waals surface area contributed by atoms with E-state index < -0.39 is 11.9 Å². The molecule has 6 nitrogen and oxygen atoms in total. The van der Waals surface area contributed by atoms with E-state index in [9.17, 15) is 14.7 Å². The molecule has 0 aliphatic rings. The number of amides is 1. The number of carboxylic acids is 1. The standard InChI is InChI=1S/C22H19NO5S/c1-13-10-14(12-29-9-8-20(24)25)6-7-18(13)28-19-11-17(22(23)27)21(26)16-5-3-2-4-15(16)19/h2-11,26H,12H2,1H3,(H2,23,27)(H,24,25)/b9-8+. The molecule has 0 atom stereocenters. The summed E-state index contributed by atoms with van der Waals surface area (Å²) in [6.07, 6.45) is 1.10. The lowest BCUT2D eigenvalue weighted by Crippen LogP contribution is -2.11. The number of nitrogens with two attached hydrogens (primary N) is 1. The van der Waals surface area contributed by atoms with Gasteiger partial charge in [0.25, 0.3) is 5.91 Å². The van der Waals surface area contributed by atoms with Crippen molar-refractivity contribution >= 4 is 34.4 Å². The molecule has 0 unspecified atom stereocenters. The van der Waals surface area contributed by atoms with Crippen LogP contribution in [0.2, 0.25) is 0 Å². The lowest BCUT2D eigenvalue weighted by Gasteiger charge is -2.14. The van der Waals surface area contributed by atoms with Crippen molar-refractivity contribution < 1.29 is 24.5 Å². The predicted molar refractivity (Wildman–Crippen MR) is 113 cm³/mol. The fourth-order valence-corrected chi connectivity index (χ4v) is 3.56. The van der Waals surface area contributed by atoms with E-state index in [1.54, 1.807) is 18.2 Å². The molecule has 0 aromatic heterocycles. The molecule has 0 saturated carbocycles. The number of primary amides is 1. The highest BCUT2D eigenvalue weighted by Crippen LogP contribution is 2.38. The molecule has 0 saturated heterocycles. The average Bonchev–Trinajstić information content (AvgIpc) is 2.68. The van der Waals surface area contributed by atoms with Crippen molar-refractivity contribution in [2.24, 2.45) is 5.73 Å². The van der Waals surface area contributed by atoms with E-state index in [1.807, 2.05) is 31.2 Å². The van der Waals surface area contributed by atoms with Gasteiger partial charge in [-0.15, -0.1) is 11.8 Å². The van der Waals surface area contributed by atoms with E-state index in [1.165, 1.54) is 23.2 Å². The Morgan fingerprint density at radius 2 is 1.83 bits per heavy atom. The van der Waals surface area contributed by atoms with Crippen LogP contribution in [0.4, 0.5) is 0 Å². The number of phenols is 1. The highest BCUT2D eigenvalue weighted by molar-refractivity contribution is 8.01. The summed E-state index contributed by atoms with van der Waals surface area (Å²) in [5.41, 5.74) is 7.29. The van der Waals surface area contributed by atoms with Crippen LogP contribution in [0.5, 0.6) is 17.2 Å². The quantitative estimate of drug-likeness (QED) is 0.493. The smallest absolute Gasteiger partial charge is 0.328 e. The monoisotopic (exact) mass is 409 g/mol. The van der Waals surface area contributed by atoms with E-state index in [4.69, 9.17) is 15.6 Å². The largest absolute Gasteiger partial charge is 0.506 e. The van der Waals surface area contributed by atoms with Gasteiger partial charge in [-0.1, -0.05) is 36.4 Å². The highest BCUT2D eigenvalue weighted by Gasteiger charge is 2.16. The minimum atomic E-state index is -0.978. The lowest BCUT2D eigenvalue weighted by atomic mass is 10.0. The first-order valence-corrected chi connectivity index (χ1v) is 9.74. The molecule has 0 heterocycles. The fourth-order valence-electron chi connectivity index (χ4n) is 2.88. The zero-order valence-corrected chi connectivity index (χ0v) is 16.4. The molecule has 3 rings (SSSR count). The number of carboxylic acid groups (broad SMARTS) is 1. The SMILES string of the molecule is Cc1cc(CS/C=C/C(=O)O)ccc1Oc1cc(C(N)=O)c(O)c2ccccc12. The van der Waals surface area contributed by atoms with Gasteiger partial charge < -0.3 is 20.7 Å². The first kappa shape index (κ1) is 20.3. The Bertz CT molecular complexity index is 1120. The van der Waals surface area contributed by atoms with Gasteiger partial charge in [-0.05, 0) is 35.6 Å². The fraction of sp³-hybridized carbons (Fsp3) is 0.0909. The minimum absolute atomic E-state index is 0.00501. The lowest BCUT2D eigenvalue weighted by molar-refractivity contribution is -0.131. The number of ether oxygens (including phenoxy) is 1. The van der Waals surface area contributed by atoms with Crippen LogP contribution in [0.1, 0.15) is 21.5 Å². The topological polar surface area (TPSA) is 110 Å². The number of aliphatic carboxylic acids is 1. The zero-order valence-electron chi connectivity index (χ0n) is 15.6. The van der Waals surface area contributed by atoms with Crippen LogP contribution in [0.25, 0.3) is 10.8 Å². The Kier molecular flexibility index (Phi) is 6.09. The van der Waals surface area contributed by atoms with E-state index in [0.717, 1.165) is 17.2 Å². The summed E-state index contributed by atoms with van der Waals surface area (Å²) in [4.78, 5) is 22.2. The van der Waals surface area contributed by atoms with Gasteiger partial charge in [-0.25, -0.2) is 4.79 Å². The Hall–Kier alpha value is -3.45. The zero-order chi connectivity index (χ0) is 21.0. The number of benzene rings is 3. The first-order valence-electron chi connectivity index (χ1n) is 8.70. The number of carbonyl (C=O) groups is 2. The molecule has 7 heteroatoms. The number of carbonyl (C=O) groups excluding carboxylic acids is 1. The summed E-state index contributed by atoms with van der Waals surface area (Å²) in [5.74, 6) is -0.240. The van der Waals surface area contributed by atoms with Gasteiger partial charge in [-0.2, -0.15) is 0 Å². The molecule has 29 heavy (non-hydrogen) atoms. The molecule has 3 aromatic carbocycles. The van der Waals surface area contributed by atoms with Gasteiger partial charge in [-0.3, -0.25) is 4.79 Å². The number of rotatable bonds is 7. The van der Waals surface area contributed by atoms with Crippen molar-refractivity contribution in [2.45, 2.75) is 12.7 Å². The highest BCUT2D eigenvalue weighted by atomic mass is 32.2. The number of thioether (sulfide) groups is 1. The Balaban J connectivity index is 1.90. The second-order valence-electron chi connectivity index (χ2n) is 6.33. The summed E-state index contributed by atoms with van der Waals surface area (Å²) in [5, 5.41) is 21.6. The number of aromatic hydroxyl groups is 1. The average molecular weight is 409 g/mol. The summed E-state index contributed by atoms with van der Waals surface area (Å²) >= 11 is 1.38. The molecule has 0 radical (unpaired) electrons. The van der Waals surface area contributed by atoms with Gasteiger partial charge in [0.2, 0.25) is 0 Å². The molecular formula is C22H19NO5S. The number of hydrogen-bond acceptors (Lipinski definition) is 5. The predicted octanol–water partition coefficient (Wildman–Crippen LogP) is 4.58. The molecule has 0 bridgehead atoms. The van der Waals surface area contributed by atoms with Crippen molar-refractivity contribution in [3.05, 3.63) is 76.7 Å². The van der Waals surface area contributed by atoms with Crippen LogP contribution in [-0.2, 0) is 10.5 Å². The molecule has 4 N–H and O–H groups in total. The van der Waals surface area contributed by atoms with Crippen LogP contribution in [0.15, 0.2) is 60.0 Å². The number of fused-ring (bicyclic) bond motifs is 1. The summed E-state index contributed by atoms with van der Waals surface area (Å²) in [7, 11) is 0. The number of hydrogen-bond donors (Lipinski definition) is 3. The maximum atomic E-state index is 11.7. The molecule has 0 spiro atoms. The Morgan fingerprint density at radius 3 is 2.48 bits per heavy atom. The van der Waals surface area contributed by atoms with Crippen molar-refractivity contribution in [1.82, 2.24) is 0 Å². The normalized spacial score (nSPS) is 11.1. The van der Waals surface area contributed by atoms with E-state index >= 15 is 0 Å².